The summed E-state index contributed by atoms with van der Waals surface area (Å²) < 4.78 is 11.4. The molecule has 0 unspecified atom stereocenters. The molecule has 132 valence electrons. The van der Waals surface area contributed by atoms with E-state index in [1.54, 1.807) is 18.2 Å². The number of hydrogen-bond acceptors (Lipinski definition) is 6. The van der Waals surface area contributed by atoms with Gasteiger partial charge in [-0.25, -0.2) is 9.89 Å². The second-order valence-corrected chi connectivity index (χ2v) is 5.71. The Kier molecular flexibility index (Phi) is 4.10. The SMILES string of the molecule is O=C(NC[C@H]1COc2ccccc2O1)Nc1ccc2nn[nH]c(=O)c2c1. The third kappa shape index (κ3) is 3.27. The average molecular weight is 353 g/mol. The molecule has 1 aliphatic rings. The van der Waals surface area contributed by atoms with Gasteiger partial charge in [0.25, 0.3) is 5.56 Å². The van der Waals surface area contributed by atoms with Crippen molar-refractivity contribution in [2.45, 2.75) is 6.10 Å². The van der Waals surface area contributed by atoms with Crippen LogP contribution < -0.4 is 25.7 Å². The van der Waals surface area contributed by atoms with Gasteiger partial charge in [-0.3, -0.25) is 4.79 Å². The van der Waals surface area contributed by atoms with Gasteiger partial charge in [0.1, 0.15) is 12.1 Å². The first-order valence-electron chi connectivity index (χ1n) is 7.97. The van der Waals surface area contributed by atoms with Crippen LogP contribution in [-0.4, -0.2) is 40.7 Å². The van der Waals surface area contributed by atoms with Crippen LogP contribution in [0.4, 0.5) is 10.5 Å². The minimum Gasteiger partial charge on any atom is -0.486 e. The van der Waals surface area contributed by atoms with Crippen molar-refractivity contribution in [3.8, 4) is 11.5 Å². The Morgan fingerprint density at radius 2 is 2.08 bits per heavy atom. The number of carbonyl (C=O) groups excluding carboxylic acids is 1. The van der Waals surface area contributed by atoms with Crippen LogP contribution in [0.2, 0.25) is 0 Å². The summed E-state index contributed by atoms with van der Waals surface area (Å²) in [5.41, 5.74) is 0.552. The van der Waals surface area contributed by atoms with Gasteiger partial charge in [0.2, 0.25) is 0 Å². The van der Waals surface area contributed by atoms with Crippen LogP contribution in [0.1, 0.15) is 0 Å². The van der Waals surface area contributed by atoms with Gasteiger partial charge in [-0.1, -0.05) is 17.3 Å². The lowest BCUT2D eigenvalue weighted by Crippen LogP contribution is -2.42. The average Bonchev–Trinajstić information content (AvgIpc) is 2.67. The second kappa shape index (κ2) is 6.71. The summed E-state index contributed by atoms with van der Waals surface area (Å²) in [6.07, 6.45) is -0.287. The van der Waals surface area contributed by atoms with E-state index >= 15 is 0 Å². The van der Waals surface area contributed by atoms with Crippen LogP contribution in [0.3, 0.4) is 0 Å². The Balaban J connectivity index is 1.36. The van der Waals surface area contributed by atoms with Gasteiger partial charge >= 0.3 is 6.03 Å². The maximum atomic E-state index is 12.1. The minimum absolute atomic E-state index is 0.278. The molecule has 1 aromatic heterocycles. The van der Waals surface area contributed by atoms with Crippen molar-refractivity contribution >= 4 is 22.6 Å². The van der Waals surface area contributed by atoms with Crippen molar-refractivity contribution in [1.29, 1.82) is 0 Å². The fourth-order valence-electron chi connectivity index (χ4n) is 2.61. The second-order valence-electron chi connectivity index (χ2n) is 5.71. The Morgan fingerprint density at radius 1 is 1.23 bits per heavy atom. The Bertz CT molecular complexity index is 1020. The largest absolute Gasteiger partial charge is 0.486 e. The van der Waals surface area contributed by atoms with Crippen LogP contribution in [0.15, 0.2) is 47.3 Å². The highest BCUT2D eigenvalue weighted by atomic mass is 16.6. The molecular weight excluding hydrogens is 338 g/mol. The van der Waals surface area contributed by atoms with Gasteiger partial charge in [0.15, 0.2) is 17.6 Å². The van der Waals surface area contributed by atoms with E-state index in [9.17, 15) is 9.59 Å². The molecule has 4 rings (SSSR count). The number of nitrogens with one attached hydrogen (secondary N) is 3. The summed E-state index contributed by atoms with van der Waals surface area (Å²) in [6, 6.07) is 11.8. The van der Waals surface area contributed by atoms with Crippen molar-refractivity contribution in [3.63, 3.8) is 0 Å². The normalized spacial score (nSPS) is 15.5. The minimum atomic E-state index is -0.412. The third-order valence-electron chi connectivity index (χ3n) is 3.87. The number of carbonyl (C=O) groups is 1. The summed E-state index contributed by atoms with van der Waals surface area (Å²) in [7, 11) is 0. The number of hydrogen-bond donors (Lipinski definition) is 3. The van der Waals surface area contributed by atoms with Crippen molar-refractivity contribution in [2.75, 3.05) is 18.5 Å². The standard InChI is InChI=1S/C17H15N5O4/c23-16-12-7-10(5-6-13(12)20-22-21-16)19-17(24)18-8-11-9-25-14-3-1-2-4-15(14)26-11/h1-7,11H,8-9H2,(H2,18,19,24)(H,20,21,23)/t11-/m0/s1. The van der Waals surface area contributed by atoms with Gasteiger partial charge in [0.05, 0.1) is 11.9 Å². The van der Waals surface area contributed by atoms with Crippen molar-refractivity contribution < 1.29 is 14.3 Å². The number of anilines is 1. The third-order valence-corrected chi connectivity index (χ3v) is 3.87. The highest BCUT2D eigenvalue weighted by molar-refractivity contribution is 5.92. The molecule has 9 nitrogen and oxygen atoms in total. The zero-order valence-corrected chi connectivity index (χ0v) is 13.6. The number of rotatable bonds is 3. The van der Waals surface area contributed by atoms with Crippen molar-refractivity contribution in [1.82, 2.24) is 20.7 Å². The predicted molar refractivity (Wildman–Crippen MR) is 93.5 cm³/mol. The molecule has 2 aromatic carbocycles. The fraction of sp³-hybridized carbons (Fsp3) is 0.176. The smallest absolute Gasteiger partial charge is 0.319 e. The molecule has 26 heavy (non-hydrogen) atoms. The topological polar surface area (TPSA) is 118 Å². The number of amides is 2. The van der Waals surface area contributed by atoms with E-state index in [2.05, 4.69) is 26.0 Å². The number of aromatic amines is 1. The van der Waals surface area contributed by atoms with Gasteiger partial charge in [0, 0.05) is 5.69 Å². The fourth-order valence-corrected chi connectivity index (χ4v) is 2.61. The number of para-hydroxylation sites is 2. The van der Waals surface area contributed by atoms with E-state index in [0.29, 0.717) is 34.7 Å². The monoisotopic (exact) mass is 353 g/mol. The van der Waals surface area contributed by atoms with E-state index in [-0.39, 0.29) is 18.2 Å². The molecule has 3 N–H and O–H groups in total. The van der Waals surface area contributed by atoms with Crippen LogP contribution in [0.25, 0.3) is 10.9 Å². The summed E-state index contributed by atoms with van der Waals surface area (Å²) >= 11 is 0. The summed E-state index contributed by atoms with van der Waals surface area (Å²) in [5.74, 6) is 1.35. The predicted octanol–water partition coefficient (Wildman–Crippen LogP) is 1.28. The first-order chi connectivity index (χ1) is 12.7. The van der Waals surface area contributed by atoms with Crippen molar-refractivity contribution in [3.05, 3.63) is 52.8 Å². The molecule has 0 aliphatic carbocycles. The number of benzene rings is 2. The molecule has 0 spiro atoms. The van der Waals surface area contributed by atoms with Gasteiger partial charge in [-0.2, -0.15) is 0 Å². The maximum absolute atomic E-state index is 12.1. The van der Waals surface area contributed by atoms with Gasteiger partial charge in [-0.05, 0) is 30.3 Å². The number of H-pyrrole nitrogens is 1. The van der Waals surface area contributed by atoms with E-state index < -0.39 is 6.03 Å². The van der Waals surface area contributed by atoms with Gasteiger partial charge < -0.3 is 20.1 Å². The quantitative estimate of drug-likeness (QED) is 0.653. The first-order valence-corrected chi connectivity index (χ1v) is 7.97. The molecule has 0 saturated heterocycles. The number of aromatic nitrogens is 3. The summed E-state index contributed by atoms with van der Waals surface area (Å²) in [4.78, 5) is 23.8. The molecule has 9 heteroatoms. The number of fused-ring (bicyclic) bond motifs is 2. The van der Waals surface area contributed by atoms with Crippen LogP contribution in [-0.2, 0) is 0 Å². The molecule has 1 aliphatic heterocycles. The molecular formula is C17H15N5O4. The Morgan fingerprint density at radius 3 is 2.96 bits per heavy atom. The van der Waals surface area contributed by atoms with E-state index in [1.807, 2.05) is 24.3 Å². The van der Waals surface area contributed by atoms with Gasteiger partial charge in [-0.15, -0.1) is 5.10 Å². The molecule has 0 bridgehead atoms. The molecule has 0 fully saturated rings. The molecule has 1 atom stereocenters. The number of nitrogens with zero attached hydrogens (tertiary/aromatic N) is 2. The van der Waals surface area contributed by atoms with Crippen LogP contribution in [0, 0.1) is 0 Å². The van der Waals surface area contributed by atoms with E-state index in [0.717, 1.165) is 0 Å². The zero-order chi connectivity index (χ0) is 17.9. The summed E-state index contributed by atoms with van der Waals surface area (Å²) in [6.45, 7) is 0.626. The molecule has 2 heterocycles. The molecule has 0 saturated carbocycles. The number of ether oxygens (including phenoxy) is 2. The highest BCUT2D eigenvalue weighted by Gasteiger charge is 2.21. The maximum Gasteiger partial charge on any atom is 0.319 e. The summed E-state index contributed by atoms with van der Waals surface area (Å²) in [5, 5.41) is 15.3. The van der Waals surface area contributed by atoms with Crippen molar-refractivity contribution in [2.24, 2.45) is 0 Å². The lowest BCUT2D eigenvalue weighted by atomic mass is 10.2. The zero-order valence-electron chi connectivity index (χ0n) is 13.6. The Labute approximate surface area is 147 Å². The molecule has 3 aromatic rings. The van der Waals surface area contributed by atoms with Crippen LogP contribution >= 0.6 is 0 Å². The number of urea groups is 1. The lowest BCUT2D eigenvalue weighted by Gasteiger charge is -2.26. The highest BCUT2D eigenvalue weighted by Crippen LogP contribution is 2.30. The van der Waals surface area contributed by atoms with E-state index in [1.165, 1.54) is 0 Å². The van der Waals surface area contributed by atoms with E-state index in [4.69, 9.17) is 9.47 Å². The Hall–Kier alpha value is -3.62. The molecule has 2 amide bonds. The molecule has 0 radical (unpaired) electrons. The van der Waals surface area contributed by atoms with Crippen LogP contribution in [0.5, 0.6) is 11.5 Å². The lowest BCUT2D eigenvalue weighted by molar-refractivity contribution is 0.0922. The first kappa shape index (κ1) is 15.9.